The molecular weight excluding hydrogens is 398 g/mol. The molecule has 0 aliphatic rings. The fourth-order valence-corrected chi connectivity index (χ4v) is 3.26. The van der Waals surface area contributed by atoms with E-state index < -0.39 is 6.10 Å². The molecule has 0 saturated heterocycles. The number of hydrogen-bond donors (Lipinski definition) is 1. The smallest absolute Gasteiger partial charge is 0.265 e. The zero-order valence-electron chi connectivity index (χ0n) is 17.9. The van der Waals surface area contributed by atoms with Gasteiger partial charge in [-0.1, -0.05) is 78.9 Å². The van der Waals surface area contributed by atoms with Crippen LogP contribution in [0.2, 0.25) is 0 Å². The van der Waals surface area contributed by atoms with E-state index in [4.69, 9.17) is 9.47 Å². The average Bonchev–Trinajstić information content (AvgIpc) is 2.84. The zero-order chi connectivity index (χ0) is 22.2. The van der Waals surface area contributed by atoms with Crippen molar-refractivity contribution in [3.05, 3.63) is 115 Å². The summed E-state index contributed by atoms with van der Waals surface area (Å²) in [6, 6.07) is 35.2. The summed E-state index contributed by atoms with van der Waals surface area (Å²) in [4.78, 5) is 12.6. The Balaban J connectivity index is 1.32. The Labute approximate surface area is 188 Å². The number of benzene rings is 4. The SMILES string of the molecule is C[C@H](Oc1ccc(-c2ccccc2)cc1)C(=O)Nc1cccc(OCc2ccccc2)c1. The van der Waals surface area contributed by atoms with Crippen molar-refractivity contribution in [2.45, 2.75) is 19.6 Å². The van der Waals surface area contributed by atoms with Gasteiger partial charge in [0.1, 0.15) is 18.1 Å². The van der Waals surface area contributed by atoms with Gasteiger partial charge >= 0.3 is 0 Å². The molecule has 0 aromatic heterocycles. The molecular formula is C28H25NO3. The molecule has 32 heavy (non-hydrogen) atoms. The van der Waals surface area contributed by atoms with Crippen LogP contribution in [-0.2, 0) is 11.4 Å². The molecule has 0 spiro atoms. The number of carbonyl (C=O) groups is 1. The topological polar surface area (TPSA) is 47.6 Å². The Morgan fingerprint density at radius 2 is 1.41 bits per heavy atom. The summed E-state index contributed by atoms with van der Waals surface area (Å²) in [6.07, 6.45) is -0.647. The summed E-state index contributed by atoms with van der Waals surface area (Å²) in [7, 11) is 0. The Morgan fingerprint density at radius 3 is 2.12 bits per heavy atom. The zero-order valence-corrected chi connectivity index (χ0v) is 17.9. The molecule has 0 unspecified atom stereocenters. The molecule has 1 atom stereocenters. The molecule has 4 heteroatoms. The molecule has 0 bridgehead atoms. The molecule has 4 aromatic carbocycles. The van der Waals surface area contributed by atoms with Crippen molar-refractivity contribution in [3.8, 4) is 22.6 Å². The van der Waals surface area contributed by atoms with Crippen LogP contribution in [-0.4, -0.2) is 12.0 Å². The number of ether oxygens (including phenoxy) is 2. The maximum Gasteiger partial charge on any atom is 0.265 e. The van der Waals surface area contributed by atoms with E-state index in [0.29, 0.717) is 23.8 Å². The predicted octanol–water partition coefficient (Wildman–Crippen LogP) is 6.34. The van der Waals surface area contributed by atoms with Gasteiger partial charge in [-0.2, -0.15) is 0 Å². The van der Waals surface area contributed by atoms with Gasteiger partial charge < -0.3 is 14.8 Å². The van der Waals surface area contributed by atoms with Gasteiger partial charge in [-0.05, 0) is 47.9 Å². The maximum absolute atomic E-state index is 12.6. The van der Waals surface area contributed by atoms with Crippen LogP contribution in [0.4, 0.5) is 5.69 Å². The highest BCUT2D eigenvalue weighted by Gasteiger charge is 2.15. The first-order valence-corrected chi connectivity index (χ1v) is 10.6. The Hall–Kier alpha value is -4.05. The van der Waals surface area contributed by atoms with Gasteiger partial charge in [0.05, 0.1) is 0 Å². The first-order chi connectivity index (χ1) is 15.7. The summed E-state index contributed by atoms with van der Waals surface area (Å²) in [5.41, 5.74) is 3.99. The summed E-state index contributed by atoms with van der Waals surface area (Å²) >= 11 is 0. The standard InChI is InChI=1S/C28H25NO3/c1-21(32-26-17-15-24(16-18-26)23-11-6-3-7-12-23)28(30)29-25-13-8-14-27(19-25)31-20-22-9-4-2-5-10-22/h2-19,21H,20H2,1H3,(H,29,30)/t21-/m0/s1. The molecule has 0 heterocycles. The Kier molecular flexibility index (Phi) is 6.83. The van der Waals surface area contributed by atoms with Crippen LogP contribution in [0.3, 0.4) is 0 Å². The predicted molar refractivity (Wildman–Crippen MR) is 128 cm³/mol. The largest absolute Gasteiger partial charge is 0.489 e. The second kappa shape index (κ2) is 10.3. The highest BCUT2D eigenvalue weighted by molar-refractivity contribution is 5.94. The number of amides is 1. The third-order valence-electron chi connectivity index (χ3n) is 4.99. The number of anilines is 1. The molecule has 1 amide bonds. The van der Waals surface area contributed by atoms with E-state index in [-0.39, 0.29) is 5.91 Å². The minimum atomic E-state index is -0.647. The van der Waals surface area contributed by atoms with Gasteiger partial charge in [0.2, 0.25) is 0 Å². The lowest BCUT2D eigenvalue weighted by Crippen LogP contribution is -2.30. The molecule has 4 rings (SSSR count). The normalized spacial score (nSPS) is 11.4. The van der Waals surface area contributed by atoms with E-state index >= 15 is 0 Å². The lowest BCUT2D eigenvalue weighted by Gasteiger charge is -2.15. The van der Waals surface area contributed by atoms with Crippen LogP contribution < -0.4 is 14.8 Å². The first-order valence-electron chi connectivity index (χ1n) is 10.6. The van der Waals surface area contributed by atoms with E-state index in [1.165, 1.54) is 0 Å². The molecule has 0 aliphatic carbocycles. The highest BCUT2D eigenvalue weighted by atomic mass is 16.5. The highest BCUT2D eigenvalue weighted by Crippen LogP contribution is 2.23. The fraction of sp³-hybridized carbons (Fsp3) is 0.107. The van der Waals surface area contributed by atoms with E-state index in [1.807, 2.05) is 97.1 Å². The summed E-state index contributed by atoms with van der Waals surface area (Å²) in [5.74, 6) is 1.11. The second-order valence-corrected chi connectivity index (χ2v) is 7.44. The van der Waals surface area contributed by atoms with Gasteiger partial charge in [0, 0.05) is 11.8 Å². The van der Waals surface area contributed by atoms with Crippen molar-refractivity contribution in [3.63, 3.8) is 0 Å². The second-order valence-electron chi connectivity index (χ2n) is 7.44. The van der Waals surface area contributed by atoms with Gasteiger partial charge in [0.15, 0.2) is 6.10 Å². The Morgan fingerprint density at radius 1 is 0.750 bits per heavy atom. The molecule has 4 nitrogen and oxygen atoms in total. The Bertz CT molecular complexity index is 1140. The number of nitrogens with one attached hydrogen (secondary N) is 1. The van der Waals surface area contributed by atoms with E-state index in [9.17, 15) is 4.79 Å². The van der Waals surface area contributed by atoms with Crippen LogP contribution in [0, 0.1) is 0 Å². The molecule has 4 aromatic rings. The minimum absolute atomic E-state index is 0.225. The number of hydrogen-bond acceptors (Lipinski definition) is 3. The minimum Gasteiger partial charge on any atom is -0.489 e. The van der Waals surface area contributed by atoms with E-state index in [1.54, 1.807) is 6.92 Å². The first kappa shape index (κ1) is 21.2. The van der Waals surface area contributed by atoms with Gasteiger partial charge in [0.25, 0.3) is 5.91 Å². The van der Waals surface area contributed by atoms with Crippen molar-refractivity contribution in [2.75, 3.05) is 5.32 Å². The van der Waals surface area contributed by atoms with E-state index in [0.717, 1.165) is 16.7 Å². The molecule has 0 aliphatic heterocycles. The van der Waals surface area contributed by atoms with Gasteiger partial charge in [-0.25, -0.2) is 0 Å². The van der Waals surface area contributed by atoms with Crippen LogP contribution >= 0.6 is 0 Å². The monoisotopic (exact) mass is 423 g/mol. The lowest BCUT2D eigenvalue weighted by molar-refractivity contribution is -0.122. The quantitative estimate of drug-likeness (QED) is 0.360. The third-order valence-corrected chi connectivity index (χ3v) is 4.99. The molecule has 160 valence electrons. The maximum atomic E-state index is 12.6. The van der Waals surface area contributed by atoms with Crippen LogP contribution in [0.5, 0.6) is 11.5 Å². The van der Waals surface area contributed by atoms with Crippen molar-refractivity contribution in [2.24, 2.45) is 0 Å². The van der Waals surface area contributed by atoms with Crippen molar-refractivity contribution < 1.29 is 14.3 Å². The van der Waals surface area contributed by atoms with Crippen molar-refractivity contribution in [1.29, 1.82) is 0 Å². The average molecular weight is 424 g/mol. The van der Waals surface area contributed by atoms with Crippen LogP contribution in [0.25, 0.3) is 11.1 Å². The van der Waals surface area contributed by atoms with E-state index in [2.05, 4.69) is 17.4 Å². The summed E-state index contributed by atoms with van der Waals surface area (Å²) in [6.45, 7) is 2.20. The molecule has 0 fully saturated rings. The number of rotatable bonds is 8. The number of carbonyl (C=O) groups excluding carboxylic acids is 1. The molecule has 0 saturated carbocycles. The van der Waals surface area contributed by atoms with Crippen LogP contribution in [0.1, 0.15) is 12.5 Å². The van der Waals surface area contributed by atoms with Crippen LogP contribution in [0.15, 0.2) is 109 Å². The summed E-state index contributed by atoms with van der Waals surface area (Å²) < 4.78 is 11.7. The molecule has 0 radical (unpaired) electrons. The summed E-state index contributed by atoms with van der Waals surface area (Å²) in [5, 5.41) is 2.89. The fourth-order valence-electron chi connectivity index (χ4n) is 3.26. The third kappa shape index (κ3) is 5.76. The molecule has 1 N–H and O–H groups in total. The van der Waals surface area contributed by atoms with Gasteiger partial charge in [-0.15, -0.1) is 0 Å². The van der Waals surface area contributed by atoms with Crippen molar-refractivity contribution >= 4 is 11.6 Å². The van der Waals surface area contributed by atoms with Gasteiger partial charge in [-0.3, -0.25) is 4.79 Å². The lowest BCUT2D eigenvalue weighted by atomic mass is 10.1. The van der Waals surface area contributed by atoms with Crippen molar-refractivity contribution in [1.82, 2.24) is 0 Å².